The third kappa shape index (κ3) is 4.18. The molecule has 0 unspecified atom stereocenters. The Labute approximate surface area is 119 Å². The molecule has 0 aliphatic carbocycles. The quantitative estimate of drug-likeness (QED) is 0.867. The summed E-state index contributed by atoms with van der Waals surface area (Å²) >= 11 is 0. The number of carbonyl (C=O) groups is 1. The molecular formula is C15H22F2N2O. The Balaban J connectivity index is 2.88. The molecule has 1 N–H and O–H groups in total. The second kappa shape index (κ2) is 7.22. The molecule has 1 aromatic carbocycles. The first-order valence-corrected chi connectivity index (χ1v) is 6.85. The third-order valence-corrected chi connectivity index (χ3v) is 3.03. The van der Waals surface area contributed by atoms with Crippen LogP contribution >= 0.6 is 0 Å². The minimum atomic E-state index is -0.743. The number of rotatable bonds is 6. The molecule has 0 aliphatic rings. The number of anilines is 1. The number of nitrogens with zero attached hydrogens (tertiary/aromatic N) is 1. The van der Waals surface area contributed by atoms with Crippen molar-refractivity contribution in [3.63, 3.8) is 0 Å². The predicted molar refractivity (Wildman–Crippen MR) is 76.9 cm³/mol. The molecule has 0 fully saturated rings. The van der Waals surface area contributed by atoms with Gasteiger partial charge in [-0.05, 0) is 31.4 Å². The zero-order chi connectivity index (χ0) is 15.3. The fourth-order valence-electron chi connectivity index (χ4n) is 1.82. The average Bonchev–Trinajstić information content (AvgIpc) is 2.39. The van der Waals surface area contributed by atoms with Gasteiger partial charge < -0.3 is 10.2 Å². The van der Waals surface area contributed by atoms with Crippen LogP contribution in [0, 0.1) is 17.6 Å². The molecule has 1 amide bonds. The molecule has 0 heterocycles. The van der Waals surface area contributed by atoms with Gasteiger partial charge in [0, 0.05) is 25.7 Å². The molecule has 0 saturated heterocycles. The van der Waals surface area contributed by atoms with Gasteiger partial charge in [0.1, 0.15) is 17.3 Å². The maximum absolute atomic E-state index is 13.8. The van der Waals surface area contributed by atoms with Gasteiger partial charge in [0.05, 0.1) is 0 Å². The number of amides is 1. The standard InChI is InChI=1S/C15H22F2N2O/c1-5-18-14-12(16)8-11(9-13(14)17)15(20)19(4)7-6-10(2)3/h8-10,18H,5-7H2,1-4H3. The fourth-order valence-corrected chi connectivity index (χ4v) is 1.82. The molecule has 0 aromatic heterocycles. The molecule has 0 saturated carbocycles. The van der Waals surface area contributed by atoms with E-state index in [2.05, 4.69) is 19.2 Å². The fraction of sp³-hybridized carbons (Fsp3) is 0.533. The minimum Gasteiger partial charge on any atom is -0.381 e. The lowest BCUT2D eigenvalue weighted by Crippen LogP contribution is -2.28. The summed E-state index contributed by atoms with van der Waals surface area (Å²) in [5.41, 5.74) is -0.151. The Kier molecular flexibility index (Phi) is 5.92. The summed E-state index contributed by atoms with van der Waals surface area (Å²) in [4.78, 5) is 13.6. The molecule has 0 radical (unpaired) electrons. The summed E-state index contributed by atoms with van der Waals surface area (Å²) in [6, 6.07) is 2.16. The molecule has 0 atom stereocenters. The highest BCUT2D eigenvalue weighted by molar-refractivity contribution is 5.94. The van der Waals surface area contributed by atoms with Crippen molar-refractivity contribution in [1.29, 1.82) is 0 Å². The molecule has 1 aromatic rings. The van der Waals surface area contributed by atoms with Gasteiger partial charge >= 0.3 is 0 Å². The van der Waals surface area contributed by atoms with Gasteiger partial charge in [0.25, 0.3) is 5.91 Å². The van der Waals surface area contributed by atoms with E-state index in [0.29, 0.717) is 19.0 Å². The summed E-state index contributed by atoms with van der Waals surface area (Å²) in [5.74, 6) is -1.39. The number of hydrogen-bond acceptors (Lipinski definition) is 2. The van der Waals surface area contributed by atoms with E-state index in [1.807, 2.05) is 0 Å². The smallest absolute Gasteiger partial charge is 0.253 e. The second-order valence-electron chi connectivity index (χ2n) is 5.25. The highest BCUT2D eigenvalue weighted by Gasteiger charge is 2.17. The van der Waals surface area contributed by atoms with Crippen molar-refractivity contribution >= 4 is 11.6 Å². The van der Waals surface area contributed by atoms with Gasteiger partial charge in [-0.2, -0.15) is 0 Å². The van der Waals surface area contributed by atoms with E-state index < -0.39 is 11.6 Å². The van der Waals surface area contributed by atoms with Crippen molar-refractivity contribution in [1.82, 2.24) is 4.90 Å². The molecule has 0 spiro atoms. The van der Waals surface area contributed by atoms with Crippen LogP contribution in [0.1, 0.15) is 37.6 Å². The lowest BCUT2D eigenvalue weighted by Gasteiger charge is -2.19. The van der Waals surface area contributed by atoms with Gasteiger partial charge in [-0.15, -0.1) is 0 Å². The number of halogens is 2. The van der Waals surface area contributed by atoms with Crippen LogP contribution in [0.4, 0.5) is 14.5 Å². The van der Waals surface area contributed by atoms with Crippen LogP contribution in [-0.2, 0) is 0 Å². The molecule has 112 valence electrons. The normalized spacial score (nSPS) is 10.8. The second-order valence-corrected chi connectivity index (χ2v) is 5.25. The third-order valence-electron chi connectivity index (χ3n) is 3.03. The summed E-state index contributed by atoms with van der Waals surface area (Å²) < 4.78 is 27.5. The molecule has 3 nitrogen and oxygen atoms in total. The topological polar surface area (TPSA) is 32.3 Å². The summed E-state index contributed by atoms with van der Waals surface area (Å²) in [6.07, 6.45) is 0.850. The SMILES string of the molecule is CCNc1c(F)cc(C(=O)N(C)CCC(C)C)cc1F. The van der Waals surface area contributed by atoms with Gasteiger partial charge in [0.2, 0.25) is 0 Å². The van der Waals surface area contributed by atoms with Gasteiger partial charge in [-0.25, -0.2) is 8.78 Å². The Bertz CT molecular complexity index is 452. The Morgan fingerprint density at radius 3 is 2.30 bits per heavy atom. The lowest BCUT2D eigenvalue weighted by atomic mass is 10.1. The van der Waals surface area contributed by atoms with E-state index in [4.69, 9.17) is 0 Å². The molecule has 5 heteroatoms. The molecule has 0 aliphatic heterocycles. The molecule has 1 rings (SSSR count). The van der Waals surface area contributed by atoms with E-state index in [1.54, 1.807) is 14.0 Å². The highest BCUT2D eigenvalue weighted by atomic mass is 19.1. The summed E-state index contributed by atoms with van der Waals surface area (Å²) in [7, 11) is 1.64. The maximum atomic E-state index is 13.8. The molecular weight excluding hydrogens is 262 g/mol. The van der Waals surface area contributed by atoms with Crippen molar-refractivity contribution in [2.45, 2.75) is 27.2 Å². The van der Waals surface area contributed by atoms with Crippen LogP contribution < -0.4 is 5.32 Å². The zero-order valence-electron chi connectivity index (χ0n) is 12.5. The lowest BCUT2D eigenvalue weighted by molar-refractivity contribution is 0.0788. The zero-order valence-corrected chi connectivity index (χ0v) is 12.5. The van der Waals surface area contributed by atoms with Gasteiger partial charge in [0.15, 0.2) is 0 Å². The summed E-state index contributed by atoms with van der Waals surface area (Å²) in [5, 5.41) is 2.60. The first-order valence-electron chi connectivity index (χ1n) is 6.85. The largest absolute Gasteiger partial charge is 0.381 e. The van der Waals surface area contributed by atoms with Crippen molar-refractivity contribution < 1.29 is 13.6 Å². The number of nitrogens with one attached hydrogen (secondary N) is 1. The monoisotopic (exact) mass is 284 g/mol. The first kappa shape index (κ1) is 16.4. The first-order chi connectivity index (χ1) is 9.36. The Hall–Kier alpha value is -1.65. The van der Waals surface area contributed by atoms with Gasteiger partial charge in [-0.3, -0.25) is 4.79 Å². The van der Waals surface area contributed by atoms with E-state index in [1.165, 1.54) is 4.90 Å². The maximum Gasteiger partial charge on any atom is 0.253 e. The number of hydrogen-bond donors (Lipinski definition) is 1. The van der Waals surface area contributed by atoms with Crippen molar-refractivity contribution in [3.8, 4) is 0 Å². The highest BCUT2D eigenvalue weighted by Crippen LogP contribution is 2.21. The van der Waals surface area contributed by atoms with Crippen LogP contribution in [0.15, 0.2) is 12.1 Å². The van der Waals surface area contributed by atoms with E-state index in [9.17, 15) is 13.6 Å². The average molecular weight is 284 g/mol. The summed E-state index contributed by atoms with van der Waals surface area (Å²) in [6.45, 7) is 6.84. The van der Waals surface area contributed by atoms with Gasteiger partial charge in [-0.1, -0.05) is 13.8 Å². The van der Waals surface area contributed by atoms with E-state index >= 15 is 0 Å². The van der Waals surface area contributed by atoms with Crippen LogP contribution in [0.3, 0.4) is 0 Å². The molecule has 0 bridgehead atoms. The van der Waals surface area contributed by atoms with E-state index in [-0.39, 0.29) is 17.2 Å². The van der Waals surface area contributed by atoms with Crippen LogP contribution in [-0.4, -0.2) is 30.9 Å². The molecule has 20 heavy (non-hydrogen) atoms. The number of benzene rings is 1. The van der Waals surface area contributed by atoms with Crippen LogP contribution in [0.2, 0.25) is 0 Å². The predicted octanol–water partition coefficient (Wildman–Crippen LogP) is 3.51. The van der Waals surface area contributed by atoms with Crippen molar-refractivity contribution in [2.24, 2.45) is 5.92 Å². The van der Waals surface area contributed by atoms with Crippen molar-refractivity contribution in [2.75, 3.05) is 25.5 Å². The van der Waals surface area contributed by atoms with Crippen molar-refractivity contribution in [3.05, 3.63) is 29.3 Å². The van der Waals surface area contributed by atoms with Crippen LogP contribution in [0.5, 0.6) is 0 Å². The minimum absolute atomic E-state index is 0.0351. The van der Waals surface area contributed by atoms with E-state index in [0.717, 1.165) is 18.6 Å². The Morgan fingerprint density at radius 1 is 1.30 bits per heavy atom. The van der Waals surface area contributed by atoms with Crippen LogP contribution in [0.25, 0.3) is 0 Å². The Morgan fingerprint density at radius 2 is 1.85 bits per heavy atom. The number of carbonyl (C=O) groups excluding carboxylic acids is 1.